The Morgan fingerprint density at radius 2 is 1.79 bits per heavy atom. The van der Waals surface area contributed by atoms with Gasteiger partial charge in [0.1, 0.15) is 11.5 Å². The molecule has 0 N–H and O–H groups in total. The van der Waals surface area contributed by atoms with Crippen molar-refractivity contribution in [3.63, 3.8) is 0 Å². The fraction of sp³-hybridized carbons (Fsp3) is 0.167. The Balaban J connectivity index is 2.06. The Kier molecular flexibility index (Phi) is 4.96. The summed E-state index contributed by atoms with van der Waals surface area (Å²) < 4.78 is 7.17. The number of hydrogen-bond donors (Lipinski definition) is 0. The van der Waals surface area contributed by atoms with E-state index in [0.717, 1.165) is 22.8 Å². The Hall–Kier alpha value is -2.60. The van der Waals surface area contributed by atoms with Crippen molar-refractivity contribution in [2.75, 3.05) is 12.9 Å². The smallest absolute Gasteiger partial charge is 0.196 e. The Morgan fingerprint density at radius 1 is 1.08 bits per heavy atom. The highest BCUT2D eigenvalue weighted by molar-refractivity contribution is 7.99. The number of para-hydroxylation sites is 1. The monoisotopic (exact) mass is 339 g/mol. The molecule has 0 atom stereocenters. The van der Waals surface area contributed by atoms with Gasteiger partial charge in [-0.3, -0.25) is 9.36 Å². The number of benzene rings is 2. The molecule has 0 fully saturated rings. The molecule has 0 aliphatic rings. The van der Waals surface area contributed by atoms with Gasteiger partial charge in [-0.25, -0.2) is 0 Å². The van der Waals surface area contributed by atoms with Crippen molar-refractivity contribution in [3.8, 4) is 22.8 Å². The molecule has 0 unspecified atom stereocenters. The van der Waals surface area contributed by atoms with Gasteiger partial charge in [-0.1, -0.05) is 30.0 Å². The summed E-state index contributed by atoms with van der Waals surface area (Å²) in [4.78, 5) is 11.3. The number of ether oxygens (including phenoxy) is 1. The Bertz CT molecular complexity index is 829. The molecular weight excluding hydrogens is 322 g/mol. The lowest BCUT2D eigenvalue weighted by molar-refractivity contribution is -0.114. The zero-order chi connectivity index (χ0) is 16.9. The number of thioether (sulfide) groups is 1. The van der Waals surface area contributed by atoms with Gasteiger partial charge in [0.2, 0.25) is 0 Å². The van der Waals surface area contributed by atoms with E-state index in [0.29, 0.717) is 10.9 Å². The lowest BCUT2D eigenvalue weighted by Gasteiger charge is -2.10. The third kappa shape index (κ3) is 3.49. The molecule has 24 heavy (non-hydrogen) atoms. The van der Waals surface area contributed by atoms with Crippen LogP contribution < -0.4 is 4.74 Å². The van der Waals surface area contributed by atoms with Crippen LogP contribution in [-0.2, 0) is 4.79 Å². The predicted molar refractivity (Wildman–Crippen MR) is 94.8 cm³/mol. The average molecular weight is 339 g/mol. The predicted octanol–water partition coefficient (Wildman–Crippen LogP) is 3.62. The molecule has 0 spiro atoms. The summed E-state index contributed by atoms with van der Waals surface area (Å²) in [6, 6.07) is 17.6. The van der Waals surface area contributed by atoms with Crippen molar-refractivity contribution in [3.05, 3.63) is 54.6 Å². The van der Waals surface area contributed by atoms with E-state index in [4.69, 9.17) is 4.74 Å². The van der Waals surface area contributed by atoms with Crippen LogP contribution in [0.25, 0.3) is 17.1 Å². The second kappa shape index (κ2) is 7.31. The van der Waals surface area contributed by atoms with E-state index in [2.05, 4.69) is 10.2 Å². The molecule has 3 aromatic rings. The SMILES string of the molecule is COc1ccc(-c2nnc(SCC(C)=O)n2-c2ccccc2)cc1. The van der Waals surface area contributed by atoms with Gasteiger partial charge in [0.05, 0.1) is 12.9 Å². The van der Waals surface area contributed by atoms with E-state index in [1.54, 1.807) is 14.0 Å². The van der Waals surface area contributed by atoms with Crippen molar-refractivity contribution >= 4 is 17.5 Å². The quantitative estimate of drug-likeness (QED) is 0.642. The third-order valence-corrected chi connectivity index (χ3v) is 4.47. The molecule has 3 rings (SSSR count). The first-order valence-corrected chi connectivity index (χ1v) is 8.45. The van der Waals surface area contributed by atoms with E-state index < -0.39 is 0 Å². The van der Waals surface area contributed by atoms with Crippen molar-refractivity contribution in [1.29, 1.82) is 0 Å². The highest BCUT2D eigenvalue weighted by atomic mass is 32.2. The highest BCUT2D eigenvalue weighted by Gasteiger charge is 2.16. The van der Waals surface area contributed by atoms with Crippen LogP contribution >= 0.6 is 11.8 Å². The van der Waals surface area contributed by atoms with Crippen molar-refractivity contribution in [2.45, 2.75) is 12.1 Å². The fourth-order valence-corrected chi connectivity index (χ4v) is 3.02. The summed E-state index contributed by atoms with van der Waals surface area (Å²) in [5, 5.41) is 9.31. The van der Waals surface area contributed by atoms with Gasteiger partial charge in [-0.2, -0.15) is 0 Å². The van der Waals surface area contributed by atoms with E-state index in [-0.39, 0.29) is 5.78 Å². The van der Waals surface area contributed by atoms with Crippen LogP contribution in [0.1, 0.15) is 6.92 Å². The number of aromatic nitrogens is 3. The first-order chi connectivity index (χ1) is 11.7. The molecule has 5 nitrogen and oxygen atoms in total. The van der Waals surface area contributed by atoms with E-state index in [1.165, 1.54) is 11.8 Å². The van der Waals surface area contributed by atoms with E-state index in [9.17, 15) is 4.79 Å². The maximum atomic E-state index is 11.3. The number of Topliss-reactive ketones (excluding diaryl/α,β-unsaturated/α-hetero) is 1. The van der Waals surface area contributed by atoms with Gasteiger partial charge in [0, 0.05) is 11.3 Å². The number of nitrogens with zero attached hydrogens (tertiary/aromatic N) is 3. The minimum Gasteiger partial charge on any atom is -0.497 e. The van der Waals surface area contributed by atoms with Crippen LogP contribution in [0.15, 0.2) is 59.8 Å². The number of carbonyl (C=O) groups excluding carboxylic acids is 1. The molecule has 1 heterocycles. The van der Waals surface area contributed by atoms with Crippen LogP contribution in [-0.4, -0.2) is 33.4 Å². The summed E-state index contributed by atoms with van der Waals surface area (Å²) in [6.45, 7) is 1.57. The molecule has 0 aliphatic carbocycles. The number of methoxy groups -OCH3 is 1. The maximum absolute atomic E-state index is 11.3. The number of carbonyl (C=O) groups is 1. The van der Waals surface area contributed by atoms with Crippen molar-refractivity contribution in [2.24, 2.45) is 0 Å². The average Bonchev–Trinajstić information content (AvgIpc) is 3.04. The third-order valence-electron chi connectivity index (χ3n) is 3.40. The molecule has 0 bridgehead atoms. The van der Waals surface area contributed by atoms with Gasteiger partial charge in [0.15, 0.2) is 11.0 Å². The van der Waals surface area contributed by atoms with Crippen LogP contribution in [0.2, 0.25) is 0 Å². The molecule has 1 aromatic heterocycles. The number of ketones is 1. The molecule has 0 radical (unpaired) electrons. The van der Waals surface area contributed by atoms with Crippen molar-refractivity contribution in [1.82, 2.24) is 14.8 Å². The van der Waals surface area contributed by atoms with Crippen LogP contribution in [0.5, 0.6) is 5.75 Å². The molecule has 2 aromatic carbocycles. The summed E-state index contributed by atoms with van der Waals surface area (Å²) in [5.41, 5.74) is 1.89. The zero-order valence-electron chi connectivity index (χ0n) is 13.5. The van der Waals surface area contributed by atoms with Gasteiger partial charge in [0.25, 0.3) is 0 Å². The second-order valence-electron chi connectivity index (χ2n) is 5.20. The largest absolute Gasteiger partial charge is 0.497 e. The summed E-state index contributed by atoms with van der Waals surface area (Å²) in [7, 11) is 1.64. The standard InChI is InChI=1S/C18H17N3O2S/c1-13(22)12-24-18-20-19-17(14-8-10-16(23-2)11-9-14)21(18)15-6-4-3-5-7-15/h3-11H,12H2,1-2H3. The molecule has 122 valence electrons. The van der Waals surface area contributed by atoms with Gasteiger partial charge < -0.3 is 4.74 Å². The Morgan fingerprint density at radius 3 is 2.42 bits per heavy atom. The topological polar surface area (TPSA) is 57.0 Å². The fourth-order valence-electron chi connectivity index (χ4n) is 2.27. The number of hydrogen-bond acceptors (Lipinski definition) is 5. The molecule has 0 saturated carbocycles. The lowest BCUT2D eigenvalue weighted by atomic mass is 10.2. The van der Waals surface area contributed by atoms with E-state index >= 15 is 0 Å². The molecule has 6 heteroatoms. The first kappa shape index (κ1) is 16.3. The van der Waals surface area contributed by atoms with Crippen LogP contribution in [0, 0.1) is 0 Å². The van der Waals surface area contributed by atoms with E-state index in [1.807, 2.05) is 59.2 Å². The van der Waals surface area contributed by atoms with Gasteiger partial charge in [-0.05, 0) is 43.3 Å². The van der Waals surface area contributed by atoms with Gasteiger partial charge >= 0.3 is 0 Å². The lowest BCUT2D eigenvalue weighted by Crippen LogP contribution is -2.01. The second-order valence-corrected chi connectivity index (χ2v) is 6.14. The van der Waals surface area contributed by atoms with Crippen LogP contribution in [0.3, 0.4) is 0 Å². The minimum absolute atomic E-state index is 0.105. The first-order valence-electron chi connectivity index (χ1n) is 7.46. The summed E-state index contributed by atoms with van der Waals surface area (Å²) >= 11 is 1.39. The zero-order valence-corrected chi connectivity index (χ0v) is 14.3. The van der Waals surface area contributed by atoms with Gasteiger partial charge in [-0.15, -0.1) is 10.2 Å². The molecule has 0 amide bonds. The molecule has 0 saturated heterocycles. The molecular formula is C18H17N3O2S. The maximum Gasteiger partial charge on any atom is 0.196 e. The normalized spacial score (nSPS) is 10.6. The van der Waals surface area contributed by atoms with Crippen molar-refractivity contribution < 1.29 is 9.53 Å². The summed E-state index contributed by atoms with van der Waals surface area (Å²) in [6.07, 6.45) is 0. The highest BCUT2D eigenvalue weighted by Crippen LogP contribution is 2.28. The van der Waals surface area contributed by atoms with Crippen LogP contribution in [0.4, 0.5) is 0 Å². The Labute approximate surface area is 144 Å². The minimum atomic E-state index is 0.105. The molecule has 0 aliphatic heterocycles. The number of rotatable bonds is 6. The summed E-state index contributed by atoms with van der Waals surface area (Å²) in [5.74, 6) is 1.99.